The third kappa shape index (κ3) is 4.62. The largest absolute Gasteiger partial charge is 0.453 e. The average molecular weight is 731 g/mol. The van der Waals surface area contributed by atoms with Crippen LogP contribution in [0.4, 0.5) is 34.1 Å². The van der Waals surface area contributed by atoms with Crippen molar-refractivity contribution in [1.82, 2.24) is 0 Å². The molecule has 9 aromatic carbocycles. The van der Waals surface area contributed by atoms with Crippen molar-refractivity contribution in [1.29, 1.82) is 0 Å². The molecule has 4 heteroatoms. The van der Waals surface area contributed by atoms with E-state index in [9.17, 15) is 0 Å². The molecule has 2 aliphatic heterocycles. The Morgan fingerprint density at radius 2 is 0.772 bits per heavy atom. The van der Waals surface area contributed by atoms with Gasteiger partial charge in [-0.1, -0.05) is 133 Å². The van der Waals surface area contributed by atoms with Crippen LogP contribution in [0.15, 0.2) is 206 Å². The molecule has 3 aliphatic rings. The first-order chi connectivity index (χ1) is 28.3. The van der Waals surface area contributed by atoms with Crippen molar-refractivity contribution >= 4 is 44.9 Å². The van der Waals surface area contributed by atoms with Crippen LogP contribution in [0.1, 0.15) is 22.3 Å². The van der Waals surface area contributed by atoms with Gasteiger partial charge in [-0.3, -0.25) is 0 Å². The van der Waals surface area contributed by atoms with E-state index in [1.807, 2.05) is 30.3 Å². The number of anilines is 6. The highest BCUT2D eigenvalue weighted by Crippen LogP contribution is 2.61. The van der Waals surface area contributed by atoms with Crippen molar-refractivity contribution in [2.24, 2.45) is 0 Å². The zero-order valence-electron chi connectivity index (χ0n) is 30.8. The molecule has 0 saturated carbocycles. The summed E-state index contributed by atoms with van der Waals surface area (Å²) in [5.41, 5.74) is 13.1. The van der Waals surface area contributed by atoms with E-state index in [1.165, 1.54) is 33.4 Å². The topological polar surface area (TPSA) is 24.9 Å². The predicted molar refractivity (Wildman–Crippen MR) is 231 cm³/mol. The second-order valence-corrected chi connectivity index (χ2v) is 14.9. The minimum absolute atomic E-state index is 0.525. The van der Waals surface area contributed by atoms with Crippen LogP contribution in [0.2, 0.25) is 0 Å². The van der Waals surface area contributed by atoms with E-state index < -0.39 is 5.41 Å². The Morgan fingerprint density at radius 3 is 1.33 bits per heavy atom. The number of hydrogen-bond donors (Lipinski definition) is 0. The molecule has 57 heavy (non-hydrogen) atoms. The molecule has 0 saturated heterocycles. The molecule has 0 unspecified atom stereocenters. The number of rotatable bonds is 4. The van der Waals surface area contributed by atoms with Gasteiger partial charge in [-0.25, -0.2) is 0 Å². The number of ether oxygens (including phenoxy) is 2. The number of benzene rings is 9. The Balaban J connectivity index is 1.04. The van der Waals surface area contributed by atoms with Crippen LogP contribution in [0.5, 0.6) is 23.0 Å². The highest BCUT2D eigenvalue weighted by atomic mass is 16.5. The number of fused-ring (bicyclic) bond motifs is 8. The summed E-state index contributed by atoms with van der Waals surface area (Å²) in [7, 11) is 0. The van der Waals surface area contributed by atoms with E-state index in [2.05, 4.69) is 186 Å². The molecule has 0 amide bonds. The zero-order chi connectivity index (χ0) is 37.5. The van der Waals surface area contributed by atoms with E-state index in [0.29, 0.717) is 0 Å². The molecular weight excluding hydrogens is 697 g/mol. The van der Waals surface area contributed by atoms with Crippen LogP contribution < -0.4 is 19.3 Å². The van der Waals surface area contributed by atoms with Crippen LogP contribution in [0.3, 0.4) is 0 Å². The molecule has 0 aromatic heterocycles. The van der Waals surface area contributed by atoms with Gasteiger partial charge in [-0.15, -0.1) is 0 Å². The average Bonchev–Trinajstić information content (AvgIpc) is 3.56. The van der Waals surface area contributed by atoms with Crippen molar-refractivity contribution in [2.75, 3.05) is 9.80 Å². The maximum Gasteiger partial charge on any atom is 0.152 e. The molecule has 2 heterocycles. The van der Waals surface area contributed by atoms with Gasteiger partial charge in [-0.05, 0) is 117 Å². The summed E-state index contributed by atoms with van der Waals surface area (Å²) < 4.78 is 13.1. The van der Waals surface area contributed by atoms with Crippen LogP contribution in [-0.2, 0) is 5.41 Å². The zero-order valence-corrected chi connectivity index (χ0v) is 30.8. The Bertz CT molecular complexity index is 2960. The van der Waals surface area contributed by atoms with Crippen molar-refractivity contribution in [3.8, 4) is 34.1 Å². The Kier molecular flexibility index (Phi) is 6.81. The van der Waals surface area contributed by atoms with E-state index in [0.717, 1.165) is 67.9 Å². The van der Waals surface area contributed by atoms with Crippen LogP contribution in [0.25, 0.3) is 21.9 Å². The lowest BCUT2D eigenvalue weighted by Crippen LogP contribution is -2.29. The summed E-state index contributed by atoms with van der Waals surface area (Å²) in [5, 5.41) is 2.30. The normalized spacial score (nSPS) is 14.0. The van der Waals surface area contributed by atoms with Gasteiger partial charge in [0.05, 0.1) is 28.2 Å². The lowest BCUT2D eigenvalue weighted by molar-refractivity contribution is 0.476. The fourth-order valence-corrected chi connectivity index (χ4v) is 9.45. The molecule has 4 nitrogen and oxygen atoms in total. The fourth-order valence-electron chi connectivity index (χ4n) is 9.45. The van der Waals surface area contributed by atoms with Gasteiger partial charge in [0.25, 0.3) is 0 Å². The van der Waals surface area contributed by atoms with Gasteiger partial charge in [0.1, 0.15) is 0 Å². The third-order valence-electron chi connectivity index (χ3n) is 11.9. The second-order valence-electron chi connectivity index (χ2n) is 14.9. The minimum Gasteiger partial charge on any atom is -0.453 e. The molecule has 12 rings (SSSR count). The van der Waals surface area contributed by atoms with Gasteiger partial charge in [0.2, 0.25) is 0 Å². The van der Waals surface area contributed by atoms with Gasteiger partial charge in [0.15, 0.2) is 23.0 Å². The highest BCUT2D eigenvalue weighted by Gasteiger charge is 2.47. The first kappa shape index (κ1) is 31.8. The Morgan fingerprint density at radius 1 is 0.316 bits per heavy atom. The quantitative estimate of drug-likeness (QED) is 0.180. The standard InChI is InChI=1S/C53H34N2O2/c1-3-15-37(16-4-1)53(38-17-5-2-6-18-38)43-20-8-7-19-41(43)42-33-52-48(34-44(42)53)55(47-23-11-14-26-51(47)57-52)40-30-28-35-31-39(29-27-36(35)32-40)54-45-21-9-12-24-49(45)56-50-25-13-10-22-46(50)54/h1-34H. The lowest BCUT2D eigenvalue weighted by atomic mass is 9.67. The molecule has 0 atom stereocenters. The minimum atomic E-state index is -0.525. The van der Waals surface area contributed by atoms with E-state index in [4.69, 9.17) is 9.47 Å². The van der Waals surface area contributed by atoms with Gasteiger partial charge >= 0.3 is 0 Å². The lowest BCUT2D eigenvalue weighted by Gasteiger charge is -2.37. The smallest absolute Gasteiger partial charge is 0.152 e. The maximum atomic E-state index is 6.82. The summed E-state index contributed by atoms with van der Waals surface area (Å²) in [4.78, 5) is 4.67. The number of nitrogens with zero attached hydrogens (tertiary/aromatic N) is 2. The molecule has 268 valence electrons. The van der Waals surface area contributed by atoms with Crippen molar-refractivity contribution in [3.63, 3.8) is 0 Å². The van der Waals surface area contributed by atoms with E-state index in [-0.39, 0.29) is 0 Å². The summed E-state index contributed by atoms with van der Waals surface area (Å²) >= 11 is 0. The van der Waals surface area contributed by atoms with Crippen molar-refractivity contribution in [3.05, 3.63) is 229 Å². The summed E-state index contributed by atoms with van der Waals surface area (Å²) in [6.07, 6.45) is 0. The monoisotopic (exact) mass is 730 g/mol. The molecule has 0 fully saturated rings. The second kappa shape index (κ2) is 12.2. The summed E-state index contributed by atoms with van der Waals surface area (Å²) in [6, 6.07) is 73.8. The van der Waals surface area contributed by atoms with Crippen LogP contribution in [-0.4, -0.2) is 0 Å². The van der Waals surface area contributed by atoms with Gasteiger partial charge in [-0.2, -0.15) is 0 Å². The Hall–Kier alpha value is -7.56. The molecule has 0 N–H and O–H groups in total. The highest BCUT2D eigenvalue weighted by molar-refractivity contribution is 5.98. The van der Waals surface area contributed by atoms with Crippen molar-refractivity contribution in [2.45, 2.75) is 5.41 Å². The molecule has 0 radical (unpaired) electrons. The molecule has 9 aromatic rings. The molecule has 0 spiro atoms. The fraction of sp³-hybridized carbons (Fsp3) is 0.0189. The molecule has 0 bridgehead atoms. The maximum absolute atomic E-state index is 6.82. The van der Waals surface area contributed by atoms with Crippen molar-refractivity contribution < 1.29 is 9.47 Å². The Labute approximate surface area is 331 Å². The first-order valence-corrected chi connectivity index (χ1v) is 19.4. The van der Waals surface area contributed by atoms with E-state index in [1.54, 1.807) is 0 Å². The SMILES string of the molecule is c1ccc(C2(c3ccccc3)c3ccccc3-c3cc4c(cc32)N(c2ccc3cc(N5c6ccccc6Oc6ccccc65)ccc3c2)c2ccccc2O4)cc1. The van der Waals surface area contributed by atoms with Gasteiger partial charge in [0, 0.05) is 11.4 Å². The molecular formula is C53H34N2O2. The summed E-state index contributed by atoms with van der Waals surface area (Å²) in [6.45, 7) is 0. The van der Waals surface area contributed by atoms with Crippen LogP contribution in [0, 0.1) is 0 Å². The third-order valence-corrected chi connectivity index (χ3v) is 11.9. The summed E-state index contributed by atoms with van der Waals surface area (Å²) in [5.74, 6) is 3.34. The van der Waals surface area contributed by atoms with Crippen LogP contribution >= 0.6 is 0 Å². The van der Waals surface area contributed by atoms with E-state index >= 15 is 0 Å². The number of para-hydroxylation sites is 6. The van der Waals surface area contributed by atoms with Gasteiger partial charge < -0.3 is 19.3 Å². The first-order valence-electron chi connectivity index (χ1n) is 19.4. The predicted octanol–water partition coefficient (Wildman–Crippen LogP) is 14.4. The molecule has 1 aliphatic carbocycles. The number of hydrogen-bond acceptors (Lipinski definition) is 4.